The second-order valence-corrected chi connectivity index (χ2v) is 7.94. The average molecular weight is 529 g/mol. The van der Waals surface area contributed by atoms with Crippen LogP contribution in [0.15, 0.2) is 59.8 Å². The Morgan fingerprint density at radius 3 is 2.32 bits per heavy atom. The molecule has 10 nitrogen and oxygen atoms in total. The highest BCUT2D eigenvalue weighted by atomic mass is 19.4. The number of carbonyl (C=O) groups is 3. The van der Waals surface area contributed by atoms with Gasteiger partial charge in [0, 0.05) is 11.4 Å². The van der Waals surface area contributed by atoms with E-state index in [-0.39, 0.29) is 22.5 Å². The number of ether oxygens (including phenoxy) is 2. The van der Waals surface area contributed by atoms with Gasteiger partial charge in [0.2, 0.25) is 5.96 Å². The first kappa shape index (κ1) is 27.7. The van der Waals surface area contributed by atoms with Crippen molar-refractivity contribution >= 4 is 29.6 Å². The van der Waals surface area contributed by atoms with Crippen molar-refractivity contribution in [1.29, 1.82) is 10.7 Å². The molecular weight excluding hydrogens is 507 g/mol. The number of carbonyl (C=O) groups excluding carboxylic acids is 3. The molecule has 0 spiro atoms. The number of amides is 2. The molecule has 2 aromatic rings. The smallest absolute Gasteiger partial charge is 0.416 e. The van der Waals surface area contributed by atoms with E-state index in [1.54, 1.807) is 0 Å². The van der Waals surface area contributed by atoms with Crippen molar-refractivity contribution in [3.05, 3.63) is 76.5 Å². The minimum atomic E-state index is -4.70. The predicted molar refractivity (Wildman–Crippen MR) is 128 cm³/mol. The third-order valence-corrected chi connectivity index (χ3v) is 5.72. The van der Waals surface area contributed by atoms with Crippen LogP contribution in [0.25, 0.3) is 0 Å². The van der Waals surface area contributed by atoms with Crippen LogP contribution >= 0.6 is 0 Å². The number of urea groups is 1. The molecule has 0 unspecified atom stereocenters. The molecule has 0 aromatic heterocycles. The summed E-state index contributed by atoms with van der Waals surface area (Å²) in [5.74, 6) is -2.32. The molecule has 2 N–H and O–H groups in total. The van der Waals surface area contributed by atoms with Gasteiger partial charge >= 0.3 is 24.1 Å². The second kappa shape index (κ2) is 11.0. The zero-order valence-corrected chi connectivity index (χ0v) is 20.4. The van der Waals surface area contributed by atoms with Gasteiger partial charge in [-0.3, -0.25) is 20.0 Å². The first-order chi connectivity index (χ1) is 17.9. The number of alkyl halides is 3. The quantitative estimate of drug-likeness (QED) is 0.564. The standard InChI is InChI=1S/C25H22F3N5O5/c1-14-20(22(35)38-3)21(16-9-7-15(12-29)8-10-16)33(24(36)31-13-19(34)37-2)23(30)32(14)18-6-4-5-17(11-18)25(26,27)28/h4-11,21,30H,13H2,1-3H3,(H,31,36)/t21-/m1/s1. The molecule has 38 heavy (non-hydrogen) atoms. The second-order valence-electron chi connectivity index (χ2n) is 7.94. The monoisotopic (exact) mass is 529 g/mol. The Bertz CT molecular complexity index is 1350. The van der Waals surface area contributed by atoms with E-state index in [1.807, 2.05) is 6.07 Å². The summed E-state index contributed by atoms with van der Waals surface area (Å²) >= 11 is 0. The lowest BCUT2D eigenvalue weighted by Gasteiger charge is -2.43. The zero-order chi connectivity index (χ0) is 28.2. The maximum Gasteiger partial charge on any atom is 0.416 e. The molecule has 0 fully saturated rings. The van der Waals surface area contributed by atoms with Gasteiger partial charge in [-0.15, -0.1) is 0 Å². The van der Waals surface area contributed by atoms with E-state index in [0.717, 1.165) is 42.2 Å². The predicted octanol–water partition coefficient (Wildman–Crippen LogP) is 3.70. The van der Waals surface area contributed by atoms with Gasteiger partial charge in [-0.05, 0) is 42.8 Å². The van der Waals surface area contributed by atoms with Crippen LogP contribution in [-0.4, -0.2) is 49.6 Å². The van der Waals surface area contributed by atoms with Crippen LogP contribution < -0.4 is 10.2 Å². The number of nitrogens with one attached hydrogen (secondary N) is 2. The summed E-state index contributed by atoms with van der Waals surface area (Å²) < 4.78 is 49.8. The summed E-state index contributed by atoms with van der Waals surface area (Å²) in [6.45, 7) is 0.820. The molecule has 2 aromatic carbocycles. The molecule has 0 saturated heterocycles. The van der Waals surface area contributed by atoms with Gasteiger partial charge in [0.05, 0.1) is 37.0 Å². The van der Waals surface area contributed by atoms with Gasteiger partial charge in [0.1, 0.15) is 12.6 Å². The van der Waals surface area contributed by atoms with Gasteiger partial charge in [0.15, 0.2) is 0 Å². The zero-order valence-electron chi connectivity index (χ0n) is 20.4. The van der Waals surface area contributed by atoms with Crippen LogP contribution in [0.5, 0.6) is 0 Å². The Balaban J connectivity index is 2.27. The Labute approximate surface area is 215 Å². The van der Waals surface area contributed by atoms with Crippen molar-refractivity contribution in [1.82, 2.24) is 10.2 Å². The molecule has 0 radical (unpaired) electrons. The highest BCUT2D eigenvalue weighted by Gasteiger charge is 2.44. The Kier molecular flexibility index (Phi) is 8.05. The van der Waals surface area contributed by atoms with Crippen LogP contribution in [0.1, 0.15) is 29.7 Å². The molecule has 0 saturated carbocycles. The fraction of sp³-hybridized carbons (Fsp3) is 0.240. The van der Waals surface area contributed by atoms with Gasteiger partial charge < -0.3 is 14.8 Å². The average Bonchev–Trinajstić information content (AvgIpc) is 2.90. The summed E-state index contributed by atoms with van der Waals surface area (Å²) in [5.41, 5.74) is -0.692. The topological polar surface area (TPSA) is 136 Å². The van der Waals surface area contributed by atoms with E-state index in [9.17, 15) is 27.6 Å². The van der Waals surface area contributed by atoms with Crippen molar-refractivity contribution in [2.75, 3.05) is 25.7 Å². The molecule has 3 rings (SSSR count). The third kappa shape index (κ3) is 5.44. The highest BCUT2D eigenvalue weighted by molar-refractivity contribution is 6.10. The number of halogens is 3. The number of esters is 2. The molecule has 0 aliphatic carbocycles. The molecule has 13 heteroatoms. The number of guanidine groups is 1. The number of hydrogen-bond acceptors (Lipinski definition) is 7. The Morgan fingerprint density at radius 1 is 1.11 bits per heavy atom. The Hall–Kier alpha value is -4.86. The van der Waals surface area contributed by atoms with Gasteiger partial charge in [-0.1, -0.05) is 18.2 Å². The van der Waals surface area contributed by atoms with Gasteiger partial charge in [-0.2, -0.15) is 18.4 Å². The number of rotatable bonds is 5. The number of nitrogens with zero attached hydrogens (tertiary/aromatic N) is 3. The van der Waals surface area contributed by atoms with Crippen LogP contribution in [0.3, 0.4) is 0 Å². The van der Waals surface area contributed by atoms with Gasteiger partial charge in [0.25, 0.3) is 0 Å². The normalized spacial score (nSPS) is 15.6. The molecular formula is C25H22F3N5O5. The summed E-state index contributed by atoms with van der Waals surface area (Å²) in [6, 6.07) is 9.49. The van der Waals surface area contributed by atoms with Crippen molar-refractivity contribution < 1.29 is 37.0 Å². The van der Waals surface area contributed by atoms with Crippen LogP contribution in [0.2, 0.25) is 0 Å². The van der Waals surface area contributed by atoms with E-state index in [2.05, 4.69) is 10.1 Å². The van der Waals surface area contributed by atoms with Crippen molar-refractivity contribution in [2.45, 2.75) is 19.1 Å². The first-order valence-corrected chi connectivity index (χ1v) is 10.9. The fourth-order valence-electron chi connectivity index (χ4n) is 3.92. The molecule has 1 aliphatic rings. The highest BCUT2D eigenvalue weighted by Crippen LogP contribution is 2.41. The van der Waals surface area contributed by atoms with Crippen molar-refractivity contribution in [3.8, 4) is 6.07 Å². The van der Waals surface area contributed by atoms with E-state index in [0.29, 0.717) is 5.56 Å². The maximum absolute atomic E-state index is 13.4. The summed E-state index contributed by atoms with van der Waals surface area (Å²) in [6.07, 6.45) is -4.70. The van der Waals surface area contributed by atoms with Gasteiger partial charge in [-0.25, -0.2) is 9.59 Å². The first-order valence-electron chi connectivity index (χ1n) is 10.9. The minimum Gasteiger partial charge on any atom is -0.468 e. The number of anilines is 1. The lowest BCUT2D eigenvalue weighted by molar-refractivity contribution is -0.139. The summed E-state index contributed by atoms with van der Waals surface area (Å²) in [5, 5.41) is 20.3. The maximum atomic E-state index is 13.4. The number of allylic oxidation sites excluding steroid dienone is 1. The van der Waals surface area contributed by atoms with E-state index in [1.165, 1.54) is 37.3 Å². The molecule has 1 atom stereocenters. The molecule has 2 amide bonds. The molecule has 1 heterocycles. The summed E-state index contributed by atoms with van der Waals surface area (Å²) in [4.78, 5) is 39.8. The lowest BCUT2D eigenvalue weighted by atomic mass is 9.92. The third-order valence-electron chi connectivity index (χ3n) is 5.72. The minimum absolute atomic E-state index is 0.0348. The van der Waals surface area contributed by atoms with E-state index < -0.39 is 48.3 Å². The molecule has 1 aliphatic heterocycles. The van der Waals surface area contributed by atoms with Crippen LogP contribution in [0, 0.1) is 16.7 Å². The number of benzene rings is 2. The number of methoxy groups -OCH3 is 2. The molecule has 198 valence electrons. The largest absolute Gasteiger partial charge is 0.468 e. The van der Waals surface area contributed by atoms with E-state index in [4.69, 9.17) is 15.4 Å². The van der Waals surface area contributed by atoms with Crippen LogP contribution in [-0.2, 0) is 25.2 Å². The SMILES string of the molecule is COC(=O)CNC(=O)N1C(=N)N(c2cccc(C(F)(F)F)c2)C(C)=C(C(=O)OC)[C@H]1c1ccc(C#N)cc1. The lowest BCUT2D eigenvalue weighted by Crippen LogP contribution is -2.56. The summed E-state index contributed by atoms with van der Waals surface area (Å²) in [7, 11) is 2.20. The number of nitriles is 1. The van der Waals surface area contributed by atoms with Crippen molar-refractivity contribution in [3.63, 3.8) is 0 Å². The molecule has 0 bridgehead atoms. The number of hydrogen-bond donors (Lipinski definition) is 2. The fourth-order valence-corrected chi connectivity index (χ4v) is 3.92. The van der Waals surface area contributed by atoms with Crippen LogP contribution in [0.4, 0.5) is 23.7 Å². The Morgan fingerprint density at radius 2 is 1.76 bits per heavy atom. The van der Waals surface area contributed by atoms with E-state index >= 15 is 0 Å². The van der Waals surface area contributed by atoms with Crippen molar-refractivity contribution in [2.24, 2.45) is 0 Å².